The van der Waals surface area contributed by atoms with E-state index < -0.39 is 0 Å². The van der Waals surface area contributed by atoms with E-state index in [0.29, 0.717) is 17.5 Å². The van der Waals surface area contributed by atoms with Gasteiger partial charge >= 0.3 is 0 Å². The fourth-order valence-corrected chi connectivity index (χ4v) is 1.26. The van der Waals surface area contributed by atoms with Crippen molar-refractivity contribution in [2.24, 2.45) is 5.92 Å². The van der Waals surface area contributed by atoms with Crippen LogP contribution in [0.3, 0.4) is 0 Å². The first-order valence-corrected chi connectivity index (χ1v) is 5.99. The number of hydrogen-bond acceptors (Lipinski definition) is 3. The molecule has 1 heterocycles. The maximum Gasteiger partial charge on any atom is 0.126 e. The number of hydrogen-bond donors (Lipinski definition) is 1. The van der Waals surface area contributed by atoms with Crippen LogP contribution in [-0.4, -0.2) is 24.7 Å². The van der Waals surface area contributed by atoms with E-state index in [1.54, 1.807) is 6.20 Å². The molecule has 0 spiro atoms. The van der Waals surface area contributed by atoms with E-state index in [1.165, 1.54) is 0 Å². The van der Waals surface area contributed by atoms with Gasteiger partial charge in [-0.3, -0.25) is 0 Å². The van der Waals surface area contributed by atoms with Crippen molar-refractivity contribution >= 4 is 17.4 Å². The first-order valence-electron chi connectivity index (χ1n) is 5.61. The minimum absolute atomic E-state index is 0.652. The highest BCUT2D eigenvalue weighted by atomic mass is 35.5. The summed E-state index contributed by atoms with van der Waals surface area (Å²) in [6.07, 6.45) is 2.74. The average Bonchev–Trinajstić information content (AvgIpc) is 2.25. The molecule has 1 aromatic heterocycles. The van der Waals surface area contributed by atoms with Crippen LogP contribution < -0.4 is 5.32 Å². The Morgan fingerprint density at radius 2 is 2.19 bits per heavy atom. The molecular formula is C12H19ClN2O. The van der Waals surface area contributed by atoms with Crippen molar-refractivity contribution in [1.82, 2.24) is 4.98 Å². The fourth-order valence-electron chi connectivity index (χ4n) is 1.15. The third-order valence-electron chi connectivity index (χ3n) is 2.12. The number of anilines is 1. The third-order valence-corrected chi connectivity index (χ3v) is 2.34. The van der Waals surface area contributed by atoms with Gasteiger partial charge in [-0.05, 0) is 24.5 Å². The van der Waals surface area contributed by atoms with Crippen molar-refractivity contribution in [2.45, 2.75) is 20.3 Å². The number of halogens is 1. The number of pyridine rings is 1. The Morgan fingerprint density at radius 3 is 2.81 bits per heavy atom. The monoisotopic (exact) mass is 242 g/mol. The first-order chi connectivity index (χ1) is 7.68. The highest BCUT2D eigenvalue weighted by Crippen LogP contribution is 2.08. The fraction of sp³-hybridized carbons (Fsp3) is 0.583. The van der Waals surface area contributed by atoms with Gasteiger partial charge in [0.25, 0.3) is 0 Å². The van der Waals surface area contributed by atoms with Crippen LogP contribution in [0.4, 0.5) is 5.82 Å². The second kappa shape index (κ2) is 7.47. The first kappa shape index (κ1) is 13.3. The van der Waals surface area contributed by atoms with Gasteiger partial charge in [-0.2, -0.15) is 0 Å². The maximum atomic E-state index is 5.73. The molecule has 0 aliphatic heterocycles. The zero-order valence-electron chi connectivity index (χ0n) is 9.87. The van der Waals surface area contributed by atoms with Gasteiger partial charge in [0.2, 0.25) is 0 Å². The normalized spacial score (nSPS) is 10.8. The number of ether oxygens (including phenoxy) is 1. The molecule has 1 rings (SSSR count). The summed E-state index contributed by atoms with van der Waals surface area (Å²) in [5, 5.41) is 3.82. The van der Waals surface area contributed by atoms with Crippen LogP contribution in [-0.2, 0) is 4.74 Å². The standard InChI is InChI=1S/C12H19ClN2O/c1-10(2)5-7-16-8-6-14-12-4-3-11(13)9-15-12/h3-4,9-10H,5-8H2,1-2H3,(H,14,15). The SMILES string of the molecule is CC(C)CCOCCNc1ccc(Cl)cn1. The van der Waals surface area contributed by atoms with Gasteiger partial charge in [0.1, 0.15) is 5.82 Å². The molecule has 0 bridgehead atoms. The molecule has 0 aliphatic carbocycles. The van der Waals surface area contributed by atoms with Crippen molar-refractivity contribution in [3.8, 4) is 0 Å². The van der Waals surface area contributed by atoms with Crippen molar-refractivity contribution in [3.63, 3.8) is 0 Å². The summed E-state index contributed by atoms with van der Waals surface area (Å²) in [6.45, 7) is 6.69. The van der Waals surface area contributed by atoms with Gasteiger partial charge in [-0.15, -0.1) is 0 Å². The summed E-state index contributed by atoms with van der Waals surface area (Å²) < 4.78 is 5.47. The van der Waals surface area contributed by atoms with Gasteiger partial charge < -0.3 is 10.1 Å². The van der Waals surface area contributed by atoms with Gasteiger partial charge in [0, 0.05) is 19.3 Å². The van der Waals surface area contributed by atoms with Gasteiger partial charge in [0.05, 0.1) is 11.6 Å². The van der Waals surface area contributed by atoms with Crippen molar-refractivity contribution in [3.05, 3.63) is 23.4 Å². The molecule has 0 saturated heterocycles. The molecule has 16 heavy (non-hydrogen) atoms. The van der Waals surface area contributed by atoms with Gasteiger partial charge in [-0.1, -0.05) is 25.4 Å². The largest absolute Gasteiger partial charge is 0.380 e. The molecule has 0 radical (unpaired) electrons. The Hall–Kier alpha value is -0.800. The van der Waals surface area contributed by atoms with Crippen molar-refractivity contribution in [1.29, 1.82) is 0 Å². The molecule has 0 aliphatic rings. The van der Waals surface area contributed by atoms with E-state index >= 15 is 0 Å². The molecular weight excluding hydrogens is 224 g/mol. The smallest absolute Gasteiger partial charge is 0.126 e. The third kappa shape index (κ3) is 5.93. The predicted molar refractivity (Wildman–Crippen MR) is 68.0 cm³/mol. The lowest BCUT2D eigenvalue weighted by Crippen LogP contribution is -2.11. The Morgan fingerprint density at radius 1 is 1.38 bits per heavy atom. The molecule has 90 valence electrons. The van der Waals surface area contributed by atoms with Crippen LogP contribution in [0.25, 0.3) is 0 Å². The topological polar surface area (TPSA) is 34.1 Å². The molecule has 0 fully saturated rings. The molecule has 1 N–H and O–H groups in total. The molecule has 0 atom stereocenters. The quantitative estimate of drug-likeness (QED) is 0.746. The molecule has 1 aromatic rings. The second-order valence-electron chi connectivity index (χ2n) is 4.08. The van der Waals surface area contributed by atoms with Crippen molar-refractivity contribution in [2.75, 3.05) is 25.1 Å². The maximum absolute atomic E-state index is 5.73. The van der Waals surface area contributed by atoms with Crippen LogP contribution in [0.1, 0.15) is 20.3 Å². The van der Waals surface area contributed by atoms with E-state index in [0.717, 1.165) is 25.4 Å². The Balaban J connectivity index is 2.05. The molecule has 0 amide bonds. The zero-order chi connectivity index (χ0) is 11.8. The molecule has 3 nitrogen and oxygen atoms in total. The number of nitrogens with one attached hydrogen (secondary N) is 1. The van der Waals surface area contributed by atoms with E-state index in [9.17, 15) is 0 Å². The molecule has 0 unspecified atom stereocenters. The minimum Gasteiger partial charge on any atom is -0.380 e. The highest BCUT2D eigenvalue weighted by Gasteiger charge is 1.95. The van der Waals surface area contributed by atoms with Crippen LogP contribution in [0.5, 0.6) is 0 Å². The summed E-state index contributed by atoms with van der Waals surface area (Å²) in [5.41, 5.74) is 0. The minimum atomic E-state index is 0.652. The predicted octanol–water partition coefficient (Wildman–Crippen LogP) is 3.21. The van der Waals surface area contributed by atoms with E-state index in [1.807, 2.05) is 12.1 Å². The second-order valence-corrected chi connectivity index (χ2v) is 4.52. The zero-order valence-corrected chi connectivity index (χ0v) is 10.6. The van der Waals surface area contributed by atoms with E-state index in [4.69, 9.17) is 16.3 Å². The average molecular weight is 243 g/mol. The van der Waals surface area contributed by atoms with Gasteiger partial charge in [0.15, 0.2) is 0 Å². The van der Waals surface area contributed by atoms with Crippen molar-refractivity contribution < 1.29 is 4.74 Å². The van der Waals surface area contributed by atoms with Gasteiger partial charge in [-0.25, -0.2) is 4.98 Å². The molecule has 0 aromatic carbocycles. The lowest BCUT2D eigenvalue weighted by molar-refractivity contribution is 0.132. The van der Waals surface area contributed by atoms with Crippen LogP contribution in [0.2, 0.25) is 5.02 Å². The summed E-state index contributed by atoms with van der Waals surface area (Å²) >= 11 is 5.73. The van der Waals surface area contributed by atoms with E-state index in [-0.39, 0.29) is 0 Å². The summed E-state index contributed by atoms with van der Waals surface area (Å²) in [5.74, 6) is 1.53. The number of rotatable bonds is 7. The lowest BCUT2D eigenvalue weighted by atomic mass is 10.1. The number of nitrogens with zero attached hydrogens (tertiary/aromatic N) is 1. The highest BCUT2D eigenvalue weighted by molar-refractivity contribution is 6.30. The van der Waals surface area contributed by atoms with Crippen LogP contribution in [0, 0.1) is 5.92 Å². The molecule has 4 heteroatoms. The summed E-state index contributed by atoms with van der Waals surface area (Å²) in [7, 11) is 0. The Bertz CT molecular complexity index is 288. The Labute approximate surface area is 102 Å². The van der Waals surface area contributed by atoms with Crippen LogP contribution in [0.15, 0.2) is 18.3 Å². The summed E-state index contributed by atoms with van der Waals surface area (Å²) in [4.78, 5) is 4.13. The van der Waals surface area contributed by atoms with E-state index in [2.05, 4.69) is 24.1 Å². The lowest BCUT2D eigenvalue weighted by Gasteiger charge is -2.07. The summed E-state index contributed by atoms with van der Waals surface area (Å²) in [6, 6.07) is 3.67. The van der Waals surface area contributed by atoms with Crippen LogP contribution >= 0.6 is 11.6 Å². The Kier molecular flexibility index (Phi) is 6.19. The molecule has 0 saturated carbocycles. The number of aromatic nitrogens is 1.